The third-order valence-corrected chi connectivity index (χ3v) is 2.63. The zero-order chi connectivity index (χ0) is 6.27. The molecule has 1 heterocycles. The summed E-state index contributed by atoms with van der Waals surface area (Å²) in [6.45, 7) is 0. The summed E-state index contributed by atoms with van der Waals surface area (Å²) in [6, 6.07) is 0. The standard InChI is InChI=1S/C7H9BrO/c8-4-5-2-1-3-6-7(5)9-6/h4,6-7H,1-3H2. The lowest BCUT2D eigenvalue weighted by Crippen LogP contribution is -2.04. The van der Waals surface area contributed by atoms with Gasteiger partial charge in [-0.3, -0.25) is 0 Å². The molecule has 1 aliphatic heterocycles. The maximum absolute atomic E-state index is 5.38. The van der Waals surface area contributed by atoms with Crippen LogP contribution >= 0.6 is 15.9 Å². The van der Waals surface area contributed by atoms with Gasteiger partial charge in [0.25, 0.3) is 0 Å². The third-order valence-electron chi connectivity index (χ3n) is 2.04. The number of halogens is 1. The lowest BCUT2D eigenvalue weighted by Gasteiger charge is -2.06. The Balaban J connectivity index is 2.09. The van der Waals surface area contributed by atoms with Gasteiger partial charge < -0.3 is 4.74 Å². The van der Waals surface area contributed by atoms with Gasteiger partial charge in [0.05, 0.1) is 6.10 Å². The van der Waals surface area contributed by atoms with Crippen LogP contribution in [0.1, 0.15) is 19.3 Å². The van der Waals surface area contributed by atoms with Crippen LogP contribution in [0.5, 0.6) is 0 Å². The minimum atomic E-state index is 0.498. The van der Waals surface area contributed by atoms with E-state index < -0.39 is 0 Å². The minimum absolute atomic E-state index is 0.498. The first-order chi connectivity index (χ1) is 4.42. The van der Waals surface area contributed by atoms with Crippen molar-refractivity contribution in [2.75, 3.05) is 0 Å². The van der Waals surface area contributed by atoms with Gasteiger partial charge in [-0.25, -0.2) is 0 Å². The average Bonchev–Trinajstić information content (AvgIpc) is 2.64. The highest BCUT2D eigenvalue weighted by Gasteiger charge is 2.43. The molecule has 0 aromatic rings. The Hall–Kier alpha value is 0.180. The van der Waals surface area contributed by atoms with E-state index in [4.69, 9.17) is 4.74 Å². The molecule has 0 radical (unpaired) electrons. The molecule has 2 heteroatoms. The molecule has 2 fully saturated rings. The highest BCUT2D eigenvalue weighted by Crippen LogP contribution is 2.40. The molecule has 0 aromatic carbocycles. The van der Waals surface area contributed by atoms with Crippen LogP contribution in [-0.2, 0) is 4.74 Å². The Labute approximate surface area is 63.2 Å². The molecule has 2 rings (SSSR count). The fraction of sp³-hybridized carbons (Fsp3) is 0.714. The van der Waals surface area contributed by atoms with Gasteiger partial charge in [-0.1, -0.05) is 15.9 Å². The van der Waals surface area contributed by atoms with E-state index in [0.717, 1.165) is 0 Å². The monoisotopic (exact) mass is 188 g/mol. The Bertz CT molecular complexity index is 153. The Morgan fingerprint density at radius 2 is 2.56 bits per heavy atom. The molecule has 0 bridgehead atoms. The maximum atomic E-state index is 5.38. The summed E-state index contributed by atoms with van der Waals surface area (Å²) in [7, 11) is 0. The molecule has 0 aromatic heterocycles. The first-order valence-electron chi connectivity index (χ1n) is 3.36. The SMILES string of the molecule is BrC=C1CCCC2OC12. The number of ether oxygens (including phenoxy) is 1. The molecule has 1 aliphatic carbocycles. The van der Waals surface area contributed by atoms with Crippen LogP contribution in [0.4, 0.5) is 0 Å². The van der Waals surface area contributed by atoms with E-state index in [1.54, 1.807) is 0 Å². The number of fused-ring (bicyclic) bond motifs is 1. The van der Waals surface area contributed by atoms with Gasteiger partial charge in [0, 0.05) is 0 Å². The minimum Gasteiger partial charge on any atom is -0.365 e. The van der Waals surface area contributed by atoms with Crippen molar-refractivity contribution in [1.29, 1.82) is 0 Å². The van der Waals surface area contributed by atoms with Crippen molar-refractivity contribution in [3.63, 3.8) is 0 Å². The molecule has 2 atom stereocenters. The molecule has 1 saturated heterocycles. The lowest BCUT2D eigenvalue weighted by atomic mass is 9.97. The van der Waals surface area contributed by atoms with Gasteiger partial charge in [-0.2, -0.15) is 0 Å². The topological polar surface area (TPSA) is 12.5 Å². The first-order valence-corrected chi connectivity index (χ1v) is 4.28. The van der Waals surface area contributed by atoms with Gasteiger partial charge in [-0.05, 0) is 29.8 Å². The summed E-state index contributed by atoms with van der Waals surface area (Å²) in [5, 5.41) is 0. The molecular formula is C7H9BrO. The average molecular weight is 189 g/mol. The highest BCUT2D eigenvalue weighted by molar-refractivity contribution is 9.11. The van der Waals surface area contributed by atoms with Crippen molar-refractivity contribution in [3.05, 3.63) is 10.6 Å². The maximum Gasteiger partial charge on any atom is 0.106 e. The number of hydrogen-bond acceptors (Lipinski definition) is 1. The third kappa shape index (κ3) is 0.945. The lowest BCUT2D eigenvalue weighted by molar-refractivity contribution is 0.384. The summed E-state index contributed by atoms with van der Waals surface area (Å²) in [5.74, 6) is 0. The smallest absolute Gasteiger partial charge is 0.106 e. The van der Waals surface area contributed by atoms with E-state index in [1.807, 2.05) is 4.99 Å². The summed E-state index contributed by atoms with van der Waals surface area (Å²) >= 11 is 3.34. The Morgan fingerprint density at radius 1 is 1.67 bits per heavy atom. The fourth-order valence-corrected chi connectivity index (χ4v) is 1.94. The summed E-state index contributed by atoms with van der Waals surface area (Å²) in [6.07, 6.45) is 4.89. The van der Waals surface area contributed by atoms with Crippen LogP contribution in [0.3, 0.4) is 0 Å². The molecule has 50 valence electrons. The van der Waals surface area contributed by atoms with E-state index in [0.29, 0.717) is 12.2 Å². The molecule has 2 aliphatic rings. The van der Waals surface area contributed by atoms with E-state index in [9.17, 15) is 0 Å². The highest BCUT2D eigenvalue weighted by atomic mass is 79.9. The van der Waals surface area contributed by atoms with E-state index in [2.05, 4.69) is 15.9 Å². The van der Waals surface area contributed by atoms with Crippen LogP contribution in [0, 0.1) is 0 Å². The second-order valence-electron chi connectivity index (χ2n) is 2.67. The quantitative estimate of drug-likeness (QED) is 0.532. The Kier molecular flexibility index (Phi) is 1.38. The normalized spacial score (nSPS) is 44.8. The molecule has 0 N–H and O–H groups in total. The predicted molar refractivity (Wildman–Crippen MR) is 39.5 cm³/mol. The van der Waals surface area contributed by atoms with Gasteiger partial charge in [0.1, 0.15) is 6.10 Å². The van der Waals surface area contributed by atoms with Crippen LogP contribution < -0.4 is 0 Å². The number of epoxide rings is 1. The van der Waals surface area contributed by atoms with Crippen LogP contribution in [-0.4, -0.2) is 12.2 Å². The summed E-state index contributed by atoms with van der Waals surface area (Å²) < 4.78 is 5.38. The Morgan fingerprint density at radius 3 is 3.22 bits per heavy atom. The first kappa shape index (κ1) is 5.93. The van der Waals surface area contributed by atoms with E-state index in [1.165, 1.54) is 24.8 Å². The second kappa shape index (κ2) is 2.10. The molecular weight excluding hydrogens is 180 g/mol. The van der Waals surface area contributed by atoms with Crippen molar-refractivity contribution in [1.82, 2.24) is 0 Å². The molecule has 0 amide bonds. The fourth-order valence-electron chi connectivity index (χ4n) is 1.45. The summed E-state index contributed by atoms with van der Waals surface area (Å²) in [4.78, 5) is 2.02. The number of rotatable bonds is 0. The van der Waals surface area contributed by atoms with Gasteiger partial charge in [0.2, 0.25) is 0 Å². The van der Waals surface area contributed by atoms with Crippen LogP contribution in [0.2, 0.25) is 0 Å². The zero-order valence-electron chi connectivity index (χ0n) is 5.14. The predicted octanol–water partition coefficient (Wildman–Crippen LogP) is 2.22. The zero-order valence-corrected chi connectivity index (χ0v) is 6.73. The van der Waals surface area contributed by atoms with E-state index >= 15 is 0 Å². The van der Waals surface area contributed by atoms with Crippen molar-refractivity contribution in [2.24, 2.45) is 0 Å². The molecule has 1 saturated carbocycles. The summed E-state index contributed by atoms with van der Waals surface area (Å²) in [5.41, 5.74) is 1.45. The largest absolute Gasteiger partial charge is 0.365 e. The van der Waals surface area contributed by atoms with Crippen LogP contribution in [0.15, 0.2) is 10.6 Å². The van der Waals surface area contributed by atoms with Gasteiger partial charge >= 0.3 is 0 Å². The van der Waals surface area contributed by atoms with Crippen molar-refractivity contribution in [2.45, 2.75) is 31.5 Å². The molecule has 2 unspecified atom stereocenters. The van der Waals surface area contributed by atoms with Crippen molar-refractivity contribution >= 4 is 15.9 Å². The van der Waals surface area contributed by atoms with Crippen molar-refractivity contribution in [3.8, 4) is 0 Å². The van der Waals surface area contributed by atoms with E-state index in [-0.39, 0.29) is 0 Å². The van der Waals surface area contributed by atoms with Crippen LogP contribution in [0.25, 0.3) is 0 Å². The van der Waals surface area contributed by atoms with Crippen molar-refractivity contribution < 1.29 is 4.74 Å². The van der Waals surface area contributed by atoms with Gasteiger partial charge in [0.15, 0.2) is 0 Å². The number of hydrogen-bond donors (Lipinski definition) is 0. The van der Waals surface area contributed by atoms with Gasteiger partial charge in [-0.15, -0.1) is 0 Å². The second-order valence-corrected chi connectivity index (χ2v) is 3.13. The molecule has 1 nitrogen and oxygen atoms in total. The molecule has 9 heavy (non-hydrogen) atoms. The molecule has 0 spiro atoms.